The molecule has 1 aromatic carbocycles. The van der Waals surface area contributed by atoms with Gasteiger partial charge in [-0.2, -0.15) is 5.26 Å². The normalized spacial score (nSPS) is 13.9. The van der Waals surface area contributed by atoms with Crippen molar-refractivity contribution in [3.05, 3.63) is 35.4 Å². The van der Waals surface area contributed by atoms with Gasteiger partial charge in [0.25, 0.3) is 0 Å². The molecule has 1 aromatic rings. The van der Waals surface area contributed by atoms with Gasteiger partial charge in [0, 0.05) is 12.6 Å². The van der Waals surface area contributed by atoms with Gasteiger partial charge in [0.1, 0.15) is 0 Å². The molecule has 1 aliphatic carbocycles. The van der Waals surface area contributed by atoms with E-state index in [0.29, 0.717) is 23.3 Å². The Labute approximate surface area is 100 Å². The number of rotatable bonds is 3. The van der Waals surface area contributed by atoms with E-state index in [-0.39, 0.29) is 0 Å². The van der Waals surface area contributed by atoms with E-state index in [4.69, 9.17) is 17.5 Å². The summed E-state index contributed by atoms with van der Waals surface area (Å²) in [6.07, 6.45) is 2.43. The lowest BCUT2D eigenvalue weighted by Crippen LogP contribution is -2.36. The fourth-order valence-electron chi connectivity index (χ4n) is 1.40. The van der Waals surface area contributed by atoms with Crippen LogP contribution in [0.25, 0.3) is 0 Å². The number of nitriles is 1. The zero-order valence-corrected chi connectivity index (χ0v) is 9.68. The lowest BCUT2D eigenvalue weighted by molar-refractivity contribution is 0.829. The zero-order chi connectivity index (χ0) is 11.4. The van der Waals surface area contributed by atoms with Gasteiger partial charge in [-0.05, 0) is 42.8 Å². The summed E-state index contributed by atoms with van der Waals surface area (Å²) >= 11 is 5.14. The highest BCUT2D eigenvalue weighted by Crippen LogP contribution is 2.18. The van der Waals surface area contributed by atoms with E-state index < -0.39 is 0 Å². The molecular weight excluding hydrogens is 218 g/mol. The van der Waals surface area contributed by atoms with Crippen molar-refractivity contribution in [2.45, 2.75) is 25.4 Å². The summed E-state index contributed by atoms with van der Waals surface area (Å²) in [5, 5.41) is 15.8. The molecule has 0 unspecified atom stereocenters. The Morgan fingerprint density at radius 1 is 1.50 bits per heavy atom. The summed E-state index contributed by atoms with van der Waals surface area (Å²) in [5.74, 6) is 0. The number of nitrogens with one attached hydrogen (secondary N) is 2. The van der Waals surface area contributed by atoms with Crippen molar-refractivity contribution in [1.29, 1.82) is 5.26 Å². The van der Waals surface area contributed by atoms with Crippen molar-refractivity contribution in [1.82, 2.24) is 10.6 Å². The molecule has 0 bridgehead atoms. The van der Waals surface area contributed by atoms with Crippen LogP contribution in [0.1, 0.15) is 24.0 Å². The van der Waals surface area contributed by atoms with Crippen LogP contribution in [0.2, 0.25) is 0 Å². The van der Waals surface area contributed by atoms with E-state index in [1.54, 1.807) is 6.07 Å². The topological polar surface area (TPSA) is 47.9 Å². The fourth-order valence-corrected chi connectivity index (χ4v) is 1.64. The molecule has 0 radical (unpaired) electrons. The second-order valence-electron chi connectivity index (χ2n) is 3.91. The summed E-state index contributed by atoms with van der Waals surface area (Å²) in [5.41, 5.74) is 1.75. The average Bonchev–Trinajstić information content (AvgIpc) is 3.10. The maximum atomic E-state index is 8.76. The van der Waals surface area contributed by atoms with E-state index >= 15 is 0 Å². The highest BCUT2D eigenvalue weighted by molar-refractivity contribution is 7.80. The van der Waals surface area contributed by atoms with Crippen molar-refractivity contribution in [3.8, 4) is 6.07 Å². The van der Waals surface area contributed by atoms with Gasteiger partial charge in [-0.1, -0.05) is 12.1 Å². The highest BCUT2D eigenvalue weighted by Gasteiger charge is 2.21. The standard InChI is InChI=1S/C12H13N3S/c13-7-9-2-1-3-10(6-9)8-14-12(16)15-11-4-5-11/h1-3,6,11H,4-5,8H2,(H2,14,15,16). The quantitative estimate of drug-likeness (QED) is 0.777. The lowest BCUT2D eigenvalue weighted by Gasteiger charge is -2.09. The molecule has 1 fully saturated rings. The molecule has 16 heavy (non-hydrogen) atoms. The molecule has 2 N–H and O–H groups in total. The van der Waals surface area contributed by atoms with Gasteiger partial charge in [-0.15, -0.1) is 0 Å². The second-order valence-corrected chi connectivity index (χ2v) is 4.32. The number of nitrogens with zero attached hydrogens (tertiary/aromatic N) is 1. The monoisotopic (exact) mass is 231 g/mol. The van der Waals surface area contributed by atoms with Gasteiger partial charge < -0.3 is 10.6 Å². The Balaban J connectivity index is 1.83. The Kier molecular flexibility index (Phi) is 3.37. The molecule has 0 spiro atoms. The minimum atomic E-state index is 0.574. The van der Waals surface area contributed by atoms with E-state index in [1.807, 2.05) is 18.2 Å². The van der Waals surface area contributed by atoms with Crippen LogP contribution in [0.3, 0.4) is 0 Å². The second kappa shape index (κ2) is 4.95. The Hall–Kier alpha value is -1.60. The molecule has 0 aromatic heterocycles. The van der Waals surface area contributed by atoms with Crippen LogP contribution in [0.5, 0.6) is 0 Å². The molecular formula is C12H13N3S. The van der Waals surface area contributed by atoms with E-state index in [9.17, 15) is 0 Å². The first-order valence-electron chi connectivity index (χ1n) is 5.31. The smallest absolute Gasteiger partial charge is 0.166 e. The van der Waals surface area contributed by atoms with Crippen LogP contribution in [0.15, 0.2) is 24.3 Å². The third kappa shape index (κ3) is 3.21. The zero-order valence-electron chi connectivity index (χ0n) is 8.86. The van der Waals surface area contributed by atoms with Crippen LogP contribution in [0.4, 0.5) is 0 Å². The molecule has 3 nitrogen and oxygen atoms in total. The molecule has 4 heteroatoms. The molecule has 2 rings (SSSR count). The minimum Gasteiger partial charge on any atom is -0.360 e. The van der Waals surface area contributed by atoms with Crippen LogP contribution < -0.4 is 10.6 Å². The van der Waals surface area contributed by atoms with Crippen molar-refractivity contribution >= 4 is 17.3 Å². The SMILES string of the molecule is N#Cc1cccc(CNC(=S)NC2CC2)c1. The minimum absolute atomic E-state index is 0.574. The maximum absolute atomic E-state index is 8.76. The van der Waals surface area contributed by atoms with Gasteiger partial charge in [0.15, 0.2) is 5.11 Å². The van der Waals surface area contributed by atoms with Crippen LogP contribution in [-0.2, 0) is 6.54 Å². The van der Waals surface area contributed by atoms with Gasteiger partial charge in [-0.3, -0.25) is 0 Å². The van der Waals surface area contributed by atoms with E-state index in [2.05, 4.69) is 16.7 Å². The van der Waals surface area contributed by atoms with Crippen molar-refractivity contribution in [3.63, 3.8) is 0 Å². The van der Waals surface area contributed by atoms with Crippen LogP contribution in [0, 0.1) is 11.3 Å². The molecule has 82 valence electrons. The van der Waals surface area contributed by atoms with Gasteiger partial charge in [0.05, 0.1) is 11.6 Å². The van der Waals surface area contributed by atoms with Crippen LogP contribution in [-0.4, -0.2) is 11.2 Å². The Bertz CT molecular complexity index is 432. The van der Waals surface area contributed by atoms with Crippen molar-refractivity contribution < 1.29 is 0 Å². The Morgan fingerprint density at radius 3 is 3.00 bits per heavy atom. The first kappa shape index (κ1) is 10.9. The molecule has 0 saturated heterocycles. The molecule has 0 amide bonds. The van der Waals surface area contributed by atoms with Crippen LogP contribution >= 0.6 is 12.2 Å². The van der Waals surface area contributed by atoms with Crippen molar-refractivity contribution in [2.75, 3.05) is 0 Å². The van der Waals surface area contributed by atoms with Gasteiger partial charge >= 0.3 is 0 Å². The summed E-state index contributed by atoms with van der Waals surface area (Å²) in [6, 6.07) is 10.2. The average molecular weight is 231 g/mol. The summed E-state index contributed by atoms with van der Waals surface area (Å²) in [4.78, 5) is 0. The molecule has 1 aliphatic rings. The predicted octanol–water partition coefficient (Wildman–Crippen LogP) is 1.68. The van der Waals surface area contributed by atoms with Gasteiger partial charge in [0.2, 0.25) is 0 Å². The predicted molar refractivity (Wildman–Crippen MR) is 66.8 cm³/mol. The maximum Gasteiger partial charge on any atom is 0.166 e. The number of benzene rings is 1. The summed E-state index contributed by atoms with van der Waals surface area (Å²) in [7, 11) is 0. The molecule has 0 aliphatic heterocycles. The number of hydrogen-bond acceptors (Lipinski definition) is 2. The number of thiocarbonyl (C=S) groups is 1. The van der Waals surface area contributed by atoms with Crippen molar-refractivity contribution in [2.24, 2.45) is 0 Å². The van der Waals surface area contributed by atoms with E-state index in [1.165, 1.54) is 12.8 Å². The molecule has 1 saturated carbocycles. The highest BCUT2D eigenvalue weighted by atomic mass is 32.1. The fraction of sp³-hybridized carbons (Fsp3) is 0.333. The number of hydrogen-bond donors (Lipinski definition) is 2. The lowest BCUT2D eigenvalue weighted by atomic mass is 10.1. The molecule has 0 heterocycles. The molecule has 0 atom stereocenters. The summed E-state index contributed by atoms with van der Waals surface area (Å²) < 4.78 is 0. The third-order valence-corrected chi connectivity index (χ3v) is 2.68. The largest absolute Gasteiger partial charge is 0.360 e. The van der Waals surface area contributed by atoms with E-state index in [0.717, 1.165) is 5.56 Å². The first-order valence-corrected chi connectivity index (χ1v) is 5.72. The Morgan fingerprint density at radius 2 is 2.31 bits per heavy atom. The third-order valence-electron chi connectivity index (χ3n) is 2.42. The first-order chi connectivity index (χ1) is 7.78. The summed E-state index contributed by atoms with van der Waals surface area (Å²) in [6.45, 7) is 0.661. The van der Waals surface area contributed by atoms with Gasteiger partial charge in [-0.25, -0.2) is 0 Å².